The fourth-order valence-corrected chi connectivity index (χ4v) is 2.69. The van der Waals surface area contributed by atoms with Crippen molar-refractivity contribution in [2.45, 2.75) is 33.5 Å². The first-order valence-electron chi connectivity index (χ1n) is 8.74. The van der Waals surface area contributed by atoms with Crippen LogP contribution in [0.1, 0.15) is 25.2 Å². The number of carbonyl (C=O) groups excluding carboxylic acids is 2. The molecule has 0 unspecified atom stereocenters. The van der Waals surface area contributed by atoms with Crippen LogP contribution in [0.15, 0.2) is 42.1 Å². The van der Waals surface area contributed by atoms with E-state index in [1.165, 1.54) is 20.0 Å². The van der Waals surface area contributed by atoms with E-state index in [9.17, 15) is 9.59 Å². The van der Waals surface area contributed by atoms with Gasteiger partial charge >= 0.3 is 11.9 Å². The molecule has 8 heteroatoms. The van der Waals surface area contributed by atoms with Crippen molar-refractivity contribution in [3.8, 4) is 0 Å². The van der Waals surface area contributed by atoms with E-state index in [0.717, 1.165) is 17.1 Å². The van der Waals surface area contributed by atoms with Gasteiger partial charge in [0.25, 0.3) is 5.79 Å². The summed E-state index contributed by atoms with van der Waals surface area (Å²) in [5.74, 6) is -2.10. The van der Waals surface area contributed by atoms with Crippen LogP contribution in [0.3, 0.4) is 0 Å². The standard InChI is InChI=1S/C20H22N4O4/c1-12-10-13(2)23-19(22-12)24(5)15-8-6-14(7-9-15)21-11-16-17(25)27-20(3,4)28-18(16)26/h6-11,21H,1-5H3. The van der Waals surface area contributed by atoms with Gasteiger partial charge in [0.05, 0.1) is 0 Å². The predicted molar refractivity (Wildman–Crippen MR) is 104 cm³/mol. The first-order valence-corrected chi connectivity index (χ1v) is 8.74. The van der Waals surface area contributed by atoms with Crippen molar-refractivity contribution in [3.05, 3.63) is 53.5 Å². The van der Waals surface area contributed by atoms with Crippen LogP contribution in [-0.4, -0.2) is 34.7 Å². The summed E-state index contributed by atoms with van der Waals surface area (Å²) in [6.07, 6.45) is 1.28. The van der Waals surface area contributed by atoms with Gasteiger partial charge in [-0.1, -0.05) is 0 Å². The van der Waals surface area contributed by atoms with Crippen LogP contribution in [-0.2, 0) is 19.1 Å². The Kier molecular flexibility index (Phi) is 5.04. The maximum Gasteiger partial charge on any atom is 0.350 e. The Balaban J connectivity index is 1.73. The lowest BCUT2D eigenvalue weighted by Crippen LogP contribution is -2.42. The molecule has 1 N–H and O–H groups in total. The van der Waals surface area contributed by atoms with E-state index in [4.69, 9.17) is 9.47 Å². The third kappa shape index (κ3) is 4.28. The SMILES string of the molecule is Cc1cc(C)nc(N(C)c2ccc(NC=C3C(=O)OC(C)(C)OC3=O)cc2)n1. The number of hydrogen-bond acceptors (Lipinski definition) is 8. The van der Waals surface area contributed by atoms with E-state index < -0.39 is 17.7 Å². The minimum Gasteiger partial charge on any atom is -0.419 e. The van der Waals surface area contributed by atoms with Crippen molar-refractivity contribution < 1.29 is 19.1 Å². The Morgan fingerprint density at radius 1 is 1.00 bits per heavy atom. The van der Waals surface area contributed by atoms with Crippen molar-refractivity contribution in [3.63, 3.8) is 0 Å². The fourth-order valence-electron chi connectivity index (χ4n) is 2.69. The molecule has 1 aliphatic heterocycles. The highest BCUT2D eigenvalue weighted by molar-refractivity contribution is 6.15. The number of anilines is 3. The molecule has 0 radical (unpaired) electrons. The van der Waals surface area contributed by atoms with Crippen LogP contribution in [0.5, 0.6) is 0 Å². The van der Waals surface area contributed by atoms with Gasteiger partial charge in [0.2, 0.25) is 5.95 Å². The number of cyclic esters (lactones) is 2. The zero-order valence-electron chi connectivity index (χ0n) is 16.4. The maximum atomic E-state index is 11.9. The van der Waals surface area contributed by atoms with E-state index >= 15 is 0 Å². The molecule has 0 amide bonds. The Morgan fingerprint density at radius 3 is 2.07 bits per heavy atom. The quantitative estimate of drug-likeness (QED) is 0.490. The molecule has 0 aliphatic carbocycles. The van der Waals surface area contributed by atoms with E-state index in [2.05, 4.69) is 15.3 Å². The molecule has 1 fully saturated rings. The van der Waals surface area contributed by atoms with Gasteiger partial charge in [-0.05, 0) is 44.2 Å². The molecule has 2 heterocycles. The molecule has 146 valence electrons. The van der Waals surface area contributed by atoms with Crippen molar-refractivity contribution in [2.24, 2.45) is 0 Å². The number of rotatable bonds is 4. The first-order chi connectivity index (χ1) is 13.1. The Hall–Kier alpha value is -3.42. The molecule has 8 nitrogen and oxygen atoms in total. The van der Waals surface area contributed by atoms with Gasteiger partial charge in [0.15, 0.2) is 5.57 Å². The molecule has 0 saturated carbocycles. The van der Waals surface area contributed by atoms with Crippen LogP contribution >= 0.6 is 0 Å². The number of esters is 2. The Labute approximate surface area is 163 Å². The third-order valence-corrected chi connectivity index (χ3v) is 4.03. The second kappa shape index (κ2) is 7.30. The molecule has 1 aliphatic rings. The zero-order chi connectivity index (χ0) is 20.5. The number of aromatic nitrogens is 2. The first kappa shape index (κ1) is 19.3. The second-order valence-corrected chi connectivity index (χ2v) is 6.94. The smallest absolute Gasteiger partial charge is 0.350 e. The molecule has 0 bridgehead atoms. The van der Waals surface area contributed by atoms with Crippen LogP contribution < -0.4 is 10.2 Å². The average Bonchev–Trinajstić information content (AvgIpc) is 2.59. The van der Waals surface area contributed by atoms with Gasteiger partial charge in [-0.25, -0.2) is 19.6 Å². The van der Waals surface area contributed by atoms with E-state index in [1.54, 1.807) is 0 Å². The minimum atomic E-state index is -1.26. The van der Waals surface area contributed by atoms with Crippen LogP contribution in [0.25, 0.3) is 0 Å². The van der Waals surface area contributed by atoms with Crippen molar-refractivity contribution >= 4 is 29.3 Å². The molecule has 0 spiro atoms. The topological polar surface area (TPSA) is 93.7 Å². The molecule has 1 aromatic heterocycles. The highest BCUT2D eigenvalue weighted by Crippen LogP contribution is 2.24. The van der Waals surface area contributed by atoms with Crippen LogP contribution in [0.4, 0.5) is 17.3 Å². The summed E-state index contributed by atoms with van der Waals surface area (Å²) < 4.78 is 10.1. The highest BCUT2D eigenvalue weighted by atomic mass is 16.7. The summed E-state index contributed by atoms with van der Waals surface area (Å²) >= 11 is 0. The summed E-state index contributed by atoms with van der Waals surface area (Å²) in [6.45, 7) is 6.85. The monoisotopic (exact) mass is 382 g/mol. The number of aryl methyl sites for hydroxylation is 2. The molecule has 28 heavy (non-hydrogen) atoms. The molecule has 1 saturated heterocycles. The molecule has 2 aromatic rings. The third-order valence-electron chi connectivity index (χ3n) is 4.03. The lowest BCUT2D eigenvalue weighted by molar-refractivity contribution is -0.222. The number of carbonyl (C=O) groups is 2. The van der Waals surface area contributed by atoms with E-state index in [1.807, 2.05) is 56.1 Å². The lowest BCUT2D eigenvalue weighted by atomic mass is 10.2. The zero-order valence-corrected chi connectivity index (χ0v) is 16.4. The maximum absolute atomic E-state index is 11.9. The molecular formula is C20H22N4O4. The van der Waals surface area contributed by atoms with Gasteiger partial charge in [0.1, 0.15) is 0 Å². The van der Waals surface area contributed by atoms with Gasteiger partial charge in [-0.2, -0.15) is 0 Å². The van der Waals surface area contributed by atoms with Crippen LogP contribution in [0, 0.1) is 13.8 Å². The van der Waals surface area contributed by atoms with Gasteiger partial charge in [-0.15, -0.1) is 0 Å². The van der Waals surface area contributed by atoms with E-state index in [-0.39, 0.29) is 5.57 Å². The Bertz CT molecular complexity index is 909. The van der Waals surface area contributed by atoms with Gasteiger partial charge < -0.3 is 19.7 Å². The number of ether oxygens (including phenoxy) is 2. The lowest BCUT2D eigenvalue weighted by Gasteiger charge is -2.29. The average molecular weight is 382 g/mol. The molecule has 0 atom stereocenters. The van der Waals surface area contributed by atoms with Gasteiger partial charge in [-0.3, -0.25) is 0 Å². The largest absolute Gasteiger partial charge is 0.419 e. The minimum absolute atomic E-state index is 0.191. The predicted octanol–water partition coefficient (Wildman–Crippen LogP) is 2.99. The van der Waals surface area contributed by atoms with Crippen LogP contribution in [0.2, 0.25) is 0 Å². The Morgan fingerprint density at radius 2 is 1.54 bits per heavy atom. The van der Waals surface area contributed by atoms with Crippen molar-refractivity contribution in [2.75, 3.05) is 17.3 Å². The normalized spacial score (nSPS) is 15.5. The summed E-state index contributed by atoms with van der Waals surface area (Å²) in [5.41, 5.74) is 3.18. The fraction of sp³-hybridized carbons (Fsp3) is 0.300. The highest BCUT2D eigenvalue weighted by Gasteiger charge is 2.38. The van der Waals surface area contributed by atoms with E-state index in [0.29, 0.717) is 11.6 Å². The summed E-state index contributed by atoms with van der Waals surface area (Å²) in [5, 5.41) is 2.91. The number of nitrogens with zero attached hydrogens (tertiary/aromatic N) is 3. The summed E-state index contributed by atoms with van der Waals surface area (Å²) in [6, 6.07) is 9.30. The summed E-state index contributed by atoms with van der Waals surface area (Å²) in [4.78, 5) is 34.7. The molecular weight excluding hydrogens is 360 g/mol. The number of hydrogen-bond donors (Lipinski definition) is 1. The van der Waals surface area contributed by atoms with Crippen molar-refractivity contribution in [1.29, 1.82) is 0 Å². The van der Waals surface area contributed by atoms with Gasteiger partial charge in [0, 0.05) is 49.9 Å². The summed E-state index contributed by atoms with van der Waals surface area (Å²) in [7, 11) is 1.88. The van der Waals surface area contributed by atoms with Crippen molar-refractivity contribution in [1.82, 2.24) is 9.97 Å². The number of benzene rings is 1. The second-order valence-electron chi connectivity index (χ2n) is 6.94. The molecule has 3 rings (SSSR count). The molecule has 1 aromatic carbocycles. The number of nitrogens with one attached hydrogen (secondary N) is 1.